The molecule has 3 nitrogen and oxygen atoms in total. The molecule has 3 heteroatoms. The number of hydrogen-bond acceptors (Lipinski definition) is 2. The van der Waals surface area contributed by atoms with Gasteiger partial charge in [-0.25, -0.2) is 4.98 Å². The third-order valence-corrected chi connectivity index (χ3v) is 4.10. The first-order chi connectivity index (χ1) is 7.97. The van der Waals surface area contributed by atoms with Crippen molar-refractivity contribution in [1.82, 2.24) is 14.9 Å². The highest BCUT2D eigenvalue weighted by Crippen LogP contribution is 2.29. The molecule has 1 aromatic heterocycles. The summed E-state index contributed by atoms with van der Waals surface area (Å²) in [5.41, 5.74) is 1.23. The standard InChI is InChI=1S/C14H27N3/c1-7-12(8-2)11(3)17-10-16-9-13(17)14(4,5)15-6/h9-12,15H,7-8H2,1-6H3. The summed E-state index contributed by atoms with van der Waals surface area (Å²) >= 11 is 0. The molecular formula is C14H27N3. The summed E-state index contributed by atoms with van der Waals surface area (Å²) in [7, 11) is 2.00. The maximum Gasteiger partial charge on any atom is 0.0951 e. The van der Waals surface area contributed by atoms with E-state index in [-0.39, 0.29) is 5.54 Å². The Labute approximate surface area is 106 Å². The lowest BCUT2D eigenvalue weighted by Gasteiger charge is -2.31. The van der Waals surface area contributed by atoms with E-state index in [1.165, 1.54) is 18.5 Å². The summed E-state index contributed by atoms with van der Waals surface area (Å²) in [4.78, 5) is 4.33. The fourth-order valence-electron chi connectivity index (χ4n) is 2.44. The lowest BCUT2D eigenvalue weighted by atomic mass is 9.93. The van der Waals surface area contributed by atoms with Gasteiger partial charge in [0.25, 0.3) is 0 Å². The van der Waals surface area contributed by atoms with E-state index >= 15 is 0 Å². The van der Waals surface area contributed by atoms with Crippen LogP contribution in [0.3, 0.4) is 0 Å². The van der Waals surface area contributed by atoms with Crippen molar-refractivity contribution in [3.63, 3.8) is 0 Å². The molecule has 0 saturated carbocycles. The highest BCUT2D eigenvalue weighted by molar-refractivity contribution is 5.12. The molecular weight excluding hydrogens is 210 g/mol. The van der Waals surface area contributed by atoms with Gasteiger partial charge in [0.2, 0.25) is 0 Å². The first-order valence-electron chi connectivity index (χ1n) is 6.69. The average molecular weight is 237 g/mol. The molecule has 1 N–H and O–H groups in total. The molecule has 1 rings (SSSR count). The van der Waals surface area contributed by atoms with Crippen LogP contribution in [0.2, 0.25) is 0 Å². The zero-order chi connectivity index (χ0) is 13.1. The molecule has 0 aliphatic heterocycles. The lowest BCUT2D eigenvalue weighted by Crippen LogP contribution is -2.36. The first-order valence-corrected chi connectivity index (χ1v) is 6.69. The topological polar surface area (TPSA) is 29.9 Å². The molecule has 17 heavy (non-hydrogen) atoms. The van der Waals surface area contributed by atoms with Gasteiger partial charge in [0.15, 0.2) is 0 Å². The predicted molar refractivity (Wildman–Crippen MR) is 73.1 cm³/mol. The van der Waals surface area contributed by atoms with E-state index in [1.54, 1.807) is 0 Å². The summed E-state index contributed by atoms with van der Waals surface area (Å²) in [6.07, 6.45) is 6.39. The first kappa shape index (κ1) is 14.2. The van der Waals surface area contributed by atoms with Crippen LogP contribution in [0.25, 0.3) is 0 Å². The van der Waals surface area contributed by atoms with Crippen LogP contribution < -0.4 is 5.32 Å². The van der Waals surface area contributed by atoms with Crippen molar-refractivity contribution >= 4 is 0 Å². The minimum atomic E-state index is -0.0310. The fourth-order valence-corrected chi connectivity index (χ4v) is 2.44. The van der Waals surface area contributed by atoms with Crippen LogP contribution in [0.1, 0.15) is 59.2 Å². The van der Waals surface area contributed by atoms with Gasteiger partial charge in [-0.2, -0.15) is 0 Å². The molecule has 1 aromatic rings. The van der Waals surface area contributed by atoms with Crippen molar-refractivity contribution in [2.75, 3.05) is 7.05 Å². The second-order valence-corrected chi connectivity index (χ2v) is 5.38. The van der Waals surface area contributed by atoms with Gasteiger partial charge in [-0.1, -0.05) is 26.7 Å². The van der Waals surface area contributed by atoms with Crippen molar-refractivity contribution in [3.05, 3.63) is 18.2 Å². The van der Waals surface area contributed by atoms with Crippen LogP contribution in [-0.4, -0.2) is 16.6 Å². The Kier molecular flexibility index (Phi) is 4.75. The molecule has 0 amide bonds. The number of hydrogen-bond donors (Lipinski definition) is 1. The van der Waals surface area contributed by atoms with Crippen LogP contribution in [0, 0.1) is 5.92 Å². The van der Waals surface area contributed by atoms with Crippen LogP contribution in [-0.2, 0) is 5.54 Å². The summed E-state index contributed by atoms with van der Waals surface area (Å²) in [5.74, 6) is 0.718. The normalized spacial score (nSPS) is 14.3. The Hall–Kier alpha value is -0.830. The Balaban J connectivity index is 3.03. The number of imidazole rings is 1. The Morgan fingerprint density at radius 3 is 2.41 bits per heavy atom. The maximum absolute atomic E-state index is 4.33. The van der Waals surface area contributed by atoms with Gasteiger partial charge >= 0.3 is 0 Å². The molecule has 0 bridgehead atoms. The van der Waals surface area contributed by atoms with Gasteiger partial charge in [0, 0.05) is 6.04 Å². The highest BCUT2D eigenvalue weighted by Gasteiger charge is 2.26. The maximum atomic E-state index is 4.33. The third-order valence-electron chi connectivity index (χ3n) is 4.10. The van der Waals surface area contributed by atoms with E-state index in [0.717, 1.165) is 5.92 Å². The van der Waals surface area contributed by atoms with Crippen molar-refractivity contribution in [2.45, 2.75) is 59.0 Å². The van der Waals surface area contributed by atoms with Gasteiger partial charge in [0.1, 0.15) is 0 Å². The predicted octanol–water partition coefficient (Wildman–Crippen LogP) is 3.33. The number of aromatic nitrogens is 2. The van der Waals surface area contributed by atoms with Crippen LogP contribution in [0.5, 0.6) is 0 Å². The van der Waals surface area contributed by atoms with E-state index < -0.39 is 0 Å². The molecule has 98 valence electrons. The zero-order valence-corrected chi connectivity index (χ0v) is 12.1. The average Bonchev–Trinajstić information content (AvgIpc) is 2.80. The van der Waals surface area contributed by atoms with Gasteiger partial charge in [-0.05, 0) is 33.7 Å². The molecule has 0 fully saturated rings. The Morgan fingerprint density at radius 1 is 1.35 bits per heavy atom. The van der Waals surface area contributed by atoms with E-state index in [9.17, 15) is 0 Å². The molecule has 1 heterocycles. The Bertz CT molecular complexity index is 337. The minimum Gasteiger partial charge on any atom is -0.330 e. The second kappa shape index (κ2) is 5.67. The smallest absolute Gasteiger partial charge is 0.0951 e. The third kappa shape index (κ3) is 2.89. The van der Waals surface area contributed by atoms with Crippen molar-refractivity contribution in [1.29, 1.82) is 0 Å². The highest BCUT2D eigenvalue weighted by atomic mass is 15.1. The number of nitrogens with zero attached hydrogens (tertiary/aromatic N) is 2. The van der Waals surface area contributed by atoms with Crippen LogP contribution in [0.15, 0.2) is 12.5 Å². The minimum absolute atomic E-state index is 0.0310. The van der Waals surface area contributed by atoms with Crippen molar-refractivity contribution in [2.24, 2.45) is 5.92 Å². The van der Waals surface area contributed by atoms with Crippen molar-refractivity contribution < 1.29 is 0 Å². The molecule has 0 aromatic carbocycles. The summed E-state index contributed by atoms with van der Waals surface area (Å²) < 4.78 is 2.33. The second-order valence-electron chi connectivity index (χ2n) is 5.38. The molecule has 1 unspecified atom stereocenters. The molecule has 1 atom stereocenters. The quantitative estimate of drug-likeness (QED) is 0.822. The number of nitrogens with one attached hydrogen (secondary N) is 1. The van der Waals surface area contributed by atoms with E-state index in [4.69, 9.17) is 0 Å². The molecule has 0 aliphatic rings. The molecule has 0 spiro atoms. The monoisotopic (exact) mass is 237 g/mol. The summed E-state index contributed by atoms with van der Waals surface area (Å²) in [5, 5.41) is 3.35. The fraction of sp³-hybridized carbons (Fsp3) is 0.786. The largest absolute Gasteiger partial charge is 0.330 e. The SMILES string of the molecule is CCC(CC)C(C)n1cncc1C(C)(C)NC. The molecule has 0 saturated heterocycles. The van der Waals surface area contributed by atoms with Gasteiger partial charge in [-0.15, -0.1) is 0 Å². The van der Waals surface area contributed by atoms with Gasteiger partial charge in [0.05, 0.1) is 23.8 Å². The van der Waals surface area contributed by atoms with Gasteiger partial charge < -0.3 is 9.88 Å². The van der Waals surface area contributed by atoms with Crippen molar-refractivity contribution in [3.8, 4) is 0 Å². The molecule has 0 aliphatic carbocycles. The van der Waals surface area contributed by atoms with Crippen LogP contribution in [0.4, 0.5) is 0 Å². The summed E-state index contributed by atoms with van der Waals surface area (Å²) in [6, 6.07) is 0.509. The van der Waals surface area contributed by atoms with E-state index in [0.29, 0.717) is 6.04 Å². The zero-order valence-electron chi connectivity index (χ0n) is 12.1. The Morgan fingerprint density at radius 2 is 1.94 bits per heavy atom. The van der Waals surface area contributed by atoms with E-state index in [2.05, 4.69) is 49.5 Å². The molecule has 0 radical (unpaired) electrons. The lowest BCUT2D eigenvalue weighted by molar-refractivity contribution is 0.304. The van der Waals surface area contributed by atoms with E-state index in [1.807, 2.05) is 19.6 Å². The van der Waals surface area contributed by atoms with Crippen LogP contribution >= 0.6 is 0 Å². The van der Waals surface area contributed by atoms with Gasteiger partial charge in [-0.3, -0.25) is 0 Å². The summed E-state index contributed by atoms with van der Waals surface area (Å²) in [6.45, 7) is 11.2. The number of rotatable bonds is 6.